The number of carbonyl (C=O) groups is 1. The first-order valence-corrected chi connectivity index (χ1v) is 5.62. The maximum Gasteiger partial charge on any atom is 0.417 e. The van der Waals surface area contributed by atoms with E-state index in [9.17, 15) is 18.0 Å². The van der Waals surface area contributed by atoms with Crippen molar-refractivity contribution in [2.75, 3.05) is 0 Å². The largest absolute Gasteiger partial charge is 0.481 e. The van der Waals surface area contributed by atoms with E-state index in [-0.39, 0.29) is 11.5 Å². The third kappa shape index (κ3) is 3.16. The molecular formula is C12H12ClF3O2. The Hall–Kier alpha value is -1.23. The molecule has 0 heterocycles. The average Bonchev–Trinajstić information content (AvgIpc) is 2.13. The van der Waals surface area contributed by atoms with E-state index in [4.69, 9.17) is 16.7 Å². The van der Waals surface area contributed by atoms with Gasteiger partial charge in [0.05, 0.1) is 16.5 Å². The number of hydrogen-bond donors (Lipinski definition) is 1. The van der Waals surface area contributed by atoms with E-state index in [1.54, 1.807) is 13.8 Å². The molecule has 0 amide bonds. The minimum Gasteiger partial charge on any atom is -0.481 e. The molecule has 2 nitrogen and oxygen atoms in total. The van der Waals surface area contributed by atoms with E-state index in [1.807, 2.05) is 0 Å². The minimum atomic E-state index is -4.54. The van der Waals surface area contributed by atoms with Gasteiger partial charge in [0.2, 0.25) is 0 Å². The van der Waals surface area contributed by atoms with Crippen molar-refractivity contribution in [3.8, 4) is 0 Å². The van der Waals surface area contributed by atoms with Gasteiger partial charge >= 0.3 is 12.1 Å². The topological polar surface area (TPSA) is 37.3 Å². The summed E-state index contributed by atoms with van der Waals surface area (Å²) in [6.45, 7) is 3.37. The molecule has 0 saturated heterocycles. The summed E-state index contributed by atoms with van der Waals surface area (Å²) >= 11 is 5.55. The van der Waals surface area contributed by atoms with Crippen molar-refractivity contribution in [1.29, 1.82) is 0 Å². The Morgan fingerprint density at radius 2 is 1.89 bits per heavy atom. The molecule has 1 atom stereocenters. The third-order valence-electron chi connectivity index (χ3n) is 2.59. The molecule has 1 rings (SSSR count). The monoisotopic (exact) mass is 280 g/mol. The van der Waals surface area contributed by atoms with Crippen LogP contribution < -0.4 is 0 Å². The molecule has 6 heteroatoms. The summed E-state index contributed by atoms with van der Waals surface area (Å²) in [6.07, 6.45) is -4.54. The van der Waals surface area contributed by atoms with Crippen molar-refractivity contribution < 1.29 is 23.1 Å². The Balaban J connectivity index is 3.22. The zero-order valence-electron chi connectivity index (χ0n) is 9.75. The fraction of sp³-hybridized carbons (Fsp3) is 0.417. The number of rotatable bonds is 3. The van der Waals surface area contributed by atoms with Gasteiger partial charge in [0.25, 0.3) is 0 Å². The van der Waals surface area contributed by atoms with Gasteiger partial charge in [0.15, 0.2) is 0 Å². The van der Waals surface area contributed by atoms with Gasteiger partial charge in [0.1, 0.15) is 0 Å². The molecule has 0 saturated carbocycles. The van der Waals surface area contributed by atoms with E-state index in [0.29, 0.717) is 0 Å². The summed E-state index contributed by atoms with van der Waals surface area (Å²) in [5, 5.41) is 8.57. The number of carboxylic acids is 1. The maximum absolute atomic E-state index is 12.5. The molecule has 1 unspecified atom stereocenters. The highest BCUT2D eigenvalue weighted by atomic mass is 35.5. The summed E-state index contributed by atoms with van der Waals surface area (Å²) in [4.78, 5) is 11.1. The smallest absolute Gasteiger partial charge is 0.417 e. The molecule has 0 aliphatic heterocycles. The van der Waals surface area contributed by atoms with Gasteiger partial charge in [-0.15, -0.1) is 0 Å². The van der Waals surface area contributed by atoms with Crippen molar-refractivity contribution >= 4 is 17.6 Å². The van der Waals surface area contributed by atoms with Crippen molar-refractivity contribution in [2.45, 2.75) is 25.9 Å². The van der Waals surface area contributed by atoms with Gasteiger partial charge in [-0.25, -0.2) is 0 Å². The quantitative estimate of drug-likeness (QED) is 0.902. The second-order valence-corrected chi connectivity index (χ2v) is 4.70. The number of halogens is 4. The zero-order chi connectivity index (χ0) is 14.1. The number of benzene rings is 1. The van der Waals surface area contributed by atoms with E-state index < -0.39 is 28.6 Å². The average molecular weight is 281 g/mol. The van der Waals surface area contributed by atoms with Crippen LogP contribution in [0.5, 0.6) is 0 Å². The summed E-state index contributed by atoms with van der Waals surface area (Å²) in [6, 6.07) is 3.05. The number of alkyl halides is 3. The van der Waals surface area contributed by atoms with Gasteiger partial charge in [-0.1, -0.05) is 31.5 Å². The van der Waals surface area contributed by atoms with Gasteiger partial charge < -0.3 is 5.11 Å². The van der Waals surface area contributed by atoms with Crippen LogP contribution in [0.3, 0.4) is 0 Å². The van der Waals surface area contributed by atoms with Crippen LogP contribution in [0.4, 0.5) is 13.2 Å². The van der Waals surface area contributed by atoms with Gasteiger partial charge in [-0.05, 0) is 23.6 Å². The molecule has 18 heavy (non-hydrogen) atoms. The maximum atomic E-state index is 12.5. The number of aliphatic carboxylic acids is 1. The lowest BCUT2D eigenvalue weighted by molar-refractivity contribution is -0.139. The Morgan fingerprint density at radius 1 is 1.33 bits per heavy atom. The van der Waals surface area contributed by atoms with Gasteiger partial charge in [0, 0.05) is 0 Å². The lowest BCUT2D eigenvalue weighted by Gasteiger charge is -2.18. The molecule has 1 aromatic carbocycles. The molecule has 0 radical (unpaired) electrons. The molecule has 1 aromatic rings. The summed E-state index contributed by atoms with van der Waals surface area (Å²) in [7, 11) is 0. The van der Waals surface area contributed by atoms with Crippen molar-refractivity contribution in [2.24, 2.45) is 5.92 Å². The van der Waals surface area contributed by atoms with Crippen LogP contribution in [-0.4, -0.2) is 11.1 Å². The number of carboxylic acid groups (broad SMARTS) is 1. The fourth-order valence-corrected chi connectivity index (χ4v) is 2.06. The molecule has 0 aromatic heterocycles. The molecule has 100 valence electrons. The van der Waals surface area contributed by atoms with Crippen molar-refractivity contribution in [3.63, 3.8) is 0 Å². The highest BCUT2D eigenvalue weighted by Gasteiger charge is 2.34. The van der Waals surface area contributed by atoms with E-state index in [1.165, 1.54) is 0 Å². The molecule has 0 aliphatic carbocycles. The first-order chi connectivity index (χ1) is 8.14. The van der Waals surface area contributed by atoms with E-state index in [0.717, 1.165) is 18.2 Å². The lowest BCUT2D eigenvalue weighted by Crippen LogP contribution is -2.18. The van der Waals surface area contributed by atoms with Crippen molar-refractivity contribution in [1.82, 2.24) is 0 Å². The molecular weight excluding hydrogens is 269 g/mol. The first kappa shape index (κ1) is 14.8. The van der Waals surface area contributed by atoms with Crippen molar-refractivity contribution in [3.05, 3.63) is 34.3 Å². The summed E-state index contributed by atoms with van der Waals surface area (Å²) < 4.78 is 37.5. The Labute approximate surface area is 107 Å². The SMILES string of the molecule is CC(C)C(C(=O)O)c1ccc(C(F)(F)F)c(Cl)c1. The highest BCUT2D eigenvalue weighted by Crippen LogP contribution is 2.37. The first-order valence-electron chi connectivity index (χ1n) is 5.24. The predicted octanol–water partition coefficient (Wildman–Crippen LogP) is 4.18. The molecule has 0 bridgehead atoms. The molecule has 0 spiro atoms. The Kier molecular flexibility index (Phi) is 4.27. The lowest BCUT2D eigenvalue weighted by atomic mass is 9.88. The highest BCUT2D eigenvalue weighted by molar-refractivity contribution is 6.31. The normalized spacial score (nSPS) is 13.7. The second kappa shape index (κ2) is 5.18. The molecule has 1 N–H and O–H groups in total. The standard InChI is InChI=1S/C12H12ClF3O2/c1-6(2)10(11(17)18)7-3-4-8(9(13)5-7)12(14,15)16/h3-6,10H,1-2H3,(H,17,18). The van der Waals surface area contributed by atoms with Crippen LogP contribution >= 0.6 is 11.6 Å². The van der Waals surface area contributed by atoms with Crippen LogP contribution in [0.2, 0.25) is 5.02 Å². The van der Waals surface area contributed by atoms with Crippen LogP contribution in [-0.2, 0) is 11.0 Å². The van der Waals surface area contributed by atoms with Crippen LogP contribution in [0.25, 0.3) is 0 Å². The fourth-order valence-electron chi connectivity index (χ4n) is 1.77. The zero-order valence-corrected chi connectivity index (χ0v) is 10.5. The molecule has 0 fully saturated rings. The van der Waals surface area contributed by atoms with Crippen LogP contribution in [0.1, 0.15) is 30.9 Å². The molecule has 0 aliphatic rings. The summed E-state index contributed by atoms with van der Waals surface area (Å²) in [5.74, 6) is -2.19. The number of hydrogen-bond acceptors (Lipinski definition) is 1. The second-order valence-electron chi connectivity index (χ2n) is 4.30. The van der Waals surface area contributed by atoms with E-state index >= 15 is 0 Å². The predicted molar refractivity (Wildman–Crippen MR) is 61.7 cm³/mol. The van der Waals surface area contributed by atoms with Crippen LogP contribution in [0.15, 0.2) is 18.2 Å². The van der Waals surface area contributed by atoms with E-state index in [2.05, 4.69) is 0 Å². The Morgan fingerprint density at radius 3 is 2.22 bits per heavy atom. The summed E-state index contributed by atoms with van der Waals surface area (Å²) in [5.41, 5.74) is -0.684. The van der Waals surface area contributed by atoms with Crippen LogP contribution in [0, 0.1) is 5.92 Å². The van der Waals surface area contributed by atoms with Gasteiger partial charge in [-0.3, -0.25) is 4.79 Å². The van der Waals surface area contributed by atoms with Gasteiger partial charge in [-0.2, -0.15) is 13.2 Å². The third-order valence-corrected chi connectivity index (χ3v) is 2.90. The minimum absolute atomic E-state index is 0.240. The Bertz CT molecular complexity index is 455.